The maximum atomic E-state index is 12.6. The van der Waals surface area contributed by atoms with Gasteiger partial charge in [-0.2, -0.15) is 0 Å². The van der Waals surface area contributed by atoms with Gasteiger partial charge in [-0.15, -0.1) is 0 Å². The van der Waals surface area contributed by atoms with Gasteiger partial charge in [0.15, 0.2) is 0 Å². The molecule has 2 amide bonds. The first-order valence-electron chi connectivity index (χ1n) is 8.59. The van der Waals surface area contributed by atoms with Crippen molar-refractivity contribution in [3.8, 4) is 0 Å². The molecule has 0 saturated carbocycles. The molecule has 5 heteroatoms. The lowest BCUT2D eigenvalue weighted by atomic mass is 10.0. The van der Waals surface area contributed by atoms with Crippen molar-refractivity contribution in [3.63, 3.8) is 0 Å². The van der Waals surface area contributed by atoms with Crippen LogP contribution in [0.2, 0.25) is 0 Å². The lowest BCUT2D eigenvalue weighted by molar-refractivity contribution is -0.150. The summed E-state index contributed by atoms with van der Waals surface area (Å²) in [5.74, 6) is -0.0280. The quantitative estimate of drug-likeness (QED) is 0.849. The van der Waals surface area contributed by atoms with Crippen LogP contribution in [0.5, 0.6) is 0 Å². The highest BCUT2D eigenvalue weighted by Crippen LogP contribution is 2.28. The lowest BCUT2D eigenvalue weighted by Crippen LogP contribution is -2.56. The van der Waals surface area contributed by atoms with Gasteiger partial charge in [0.2, 0.25) is 11.8 Å². The van der Waals surface area contributed by atoms with Crippen molar-refractivity contribution in [1.29, 1.82) is 0 Å². The number of nitrogens with zero attached hydrogens (tertiary/aromatic N) is 2. The van der Waals surface area contributed by atoms with Crippen molar-refractivity contribution in [2.45, 2.75) is 45.4 Å². The number of likely N-dealkylation sites (tertiary alicyclic amines) is 2. The molecule has 1 atom stereocenters. The molecule has 0 spiro atoms. The minimum Gasteiger partial charge on any atom is -0.370 e. The van der Waals surface area contributed by atoms with Crippen LogP contribution in [-0.2, 0) is 20.9 Å². The Morgan fingerprint density at radius 1 is 1.17 bits per heavy atom. The fourth-order valence-electron chi connectivity index (χ4n) is 3.29. The fraction of sp³-hybridized carbons (Fsp3) is 0.579. The maximum absolute atomic E-state index is 12.6. The first kappa shape index (κ1) is 17.0. The number of amides is 2. The third kappa shape index (κ3) is 3.61. The predicted molar refractivity (Wildman–Crippen MR) is 91.2 cm³/mol. The molecular weight excluding hydrogens is 304 g/mol. The second-order valence-corrected chi connectivity index (χ2v) is 7.74. The molecule has 0 aromatic heterocycles. The Morgan fingerprint density at radius 3 is 2.42 bits per heavy atom. The maximum Gasteiger partial charge on any atom is 0.228 e. The summed E-state index contributed by atoms with van der Waals surface area (Å²) in [5.41, 5.74) is 0.923. The minimum atomic E-state index is -0.220. The molecule has 2 heterocycles. The molecule has 2 aliphatic rings. The molecule has 0 N–H and O–H groups in total. The highest BCUT2D eigenvalue weighted by Gasteiger charge is 2.43. The second kappa shape index (κ2) is 6.55. The first-order chi connectivity index (χ1) is 11.3. The van der Waals surface area contributed by atoms with Crippen LogP contribution >= 0.6 is 0 Å². The van der Waals surface area contributed by atoms with E-state index in [1.54, 1.807) is 0 Å². The average Bonchev–Trinajstić information content (AvgIpc) is 2.88. The summed E-state index contributed by atoms with van der Waals surface area (Å²) in [4.78, 5) is 28.3. The number of carbonyl (C=O) groups excluding carboxylic acids is 2. The topological polar surface area (TPSA) is 49.9 Å². The summed E-state index contributed by atoms with van der Waals surface area (Å²) in [5, 5.41) is 0. The van der Waals surface area contributed by atoms with Crippen LogP contribution in [0, 0.1) is 5.92 Å². The molecule has 1 aromatic rings. The molecule has 0 aliphatic carbocycles. The van der Waals surface area contributed by atoms with Crippen LogP contribution in [0.25, 0.3) is 0 Å². The van der Waals surface area contributed by atoms with Crippen molar-refractivity contribution >= 4 is 11.8 Å². The molecule has 24 heavy (non-hydrogen) atoms. The van der Waals surface area contributed by atoms with E-state index < -0.39 is 0 Å². The Hall–Kier alpha value is -1.88. The summed E-state index contributed by atoms with van der Waals surface area (Å²) in [7, 11) is 0. The van der Waals surface area contributed by atoms with Gasteiger partial charge in [0.1, 0.15) is 0 Å². The van der Waals surface area contributed by atoms with E-state index in [2.05, 4.69) is 0 Å². The van der Waals surface area contributed by atoms with Crippen molar-refractivity contribution in [2.75, 3.05) is 19.6 Å². The van der Waals surface area contributed by atoms with Gasteiger partial charge in [-0.3, -0.25) is 9.59 Å². The zero-order valence-electron chi connectivity index (χ0n) is 14.7. The molecule has 2 fully saturated rings. The van der Waals surface area contributed by atoms with Crippen molar-refractivity contribution in [2.24, 2.45) is 5.92 Å². The largest absolute Gasteiger partial charge is 0.370 e. The van der Waals surface area contributed by atoms with Gasteiger partial charge in [0, 0.05) is 31.6 Å². The average molecular weight is 330 g/mol. The predicted octanol–water partition coefficient (Wildman–Crippen LogP) is 2.06. The molecule has 130 valence electrons. The van der Waals surface area contributed by atoms with E-state index in [0.717, 1.165) is 5.56 Å². The van der Waals surface area contributed by atoms with Crippen LogP contribution in [0.15, 0.2) is 30.3 Å². The van der Waals surface area contributed by atoms with Crippen LogP contribution in [0.1, 0.15) is 32.8 Å². The van der Waals surface area contributed by atoms with Gasteiger partial charge in [0.05, 0.1) is 18.6 Å². The number of ether oxygens (including phenoxy) is 1. The number of carbonyl (C=O) groups is 2. The van der Waals surface area contributed by atoms with E-state index >= 15 is 0 Å². The van der Waals surface area contributed by atoms with Gasteiger partial charge in [-0.1, -0.05) is 30.3 Å². The Bertz CT molecular complexity index is 603. The molecule has 0 unspecified atom stereocenters. The zero-order valence-corrected chi connectivity index (χ0v) is 14.7. The minimum absolute atomic E-state index is 0.0817. The summed E-state index contributed by atoms with van der Waals surface area (Å²) in [6.07, 6.45) is 0.437. The highest BCUT2D eigenvalue weighted by atomic mass is 16.5. The molecule has 0 radical (unpaired) electrons. The summed E-state index contributed by atoms with van der Waals surface area (Å²) >= 11 is 0. The Balaban J connectivity index is 1.45. The van der Waals surface area contributed by atoms with Gasteiger partial charge in [0.25, 0.3) is 0 Å². The third-order valence-electron chi connectivity index (χ3n) is 4.77. The fourth-order valence-corrected chi connectivity index (χ4v) is 3.29. The normalized spacial score (nSPS) is 22.0. The van der Waals surface area contributed by atoms with Gasteiger partial charge in [-0.25, -0.2) is 0 Å². The lowest BCUT2D eigenvalue weighted by Gasteiger charge is -2.40. The smallest absolute Gasteiger partial charge is 0.228 e. The van der Waals surface area contributed by atoms with Crippen LogP contribution in [0.4, 0.5) is 0 Å². The second-order valence-electron chi connectivity index (χ2n) is 7.74. The number of hydrogen-bond donors (Lipinski definition) is 0. The molecule has 2 aliphatic heterocycles. The summed E-state index contributed by atoms with van der Waals surface area (Å²) < 4.78 is 5.83. The Kier molecular flexibility index (Phi) is 4.63. The van der Waals surface area contributed by atoms with E-state index in [1.807, 2.05) is 60.9 Å². The summed E-state index contributed by atoms with van der Waals surface area (Å²) in [6, 6.07) is 10.0. The summed E-state index contributed by atoms with van der Waals surface area (Å²) in [6.45, 7) is 8.40. The molecular formula is C19H26N2O3. The van der Waals surface area contributed by atoms with Crippen molar-refractivity contribution in [1.82, 2.24) is 9.80 Å². The van der Waals surface area contributed by atoms with Gasteiger partial charge < -0.3 is 14.5 Å². The third-order valence-corrected chi connectivity index (χ3v) is 4.77. The van der Waals surface area contributed by atoms with E-state index in [0.29, 0.717) is 32.7 Å². The molecule has 1 aromatic carbocycles. The monoisotopic (exact) mass is 330 g/mol. The molecule has 5 nitrogen and oxygen atoms in total. The molecule has 0 bridgehead atoms. The molecule has 3 rings (SSSR count). The Morgan fingerprint density at radius 2 is 1.83 bits per heavy atom. The number of hydrogen-bond acceptors (Lipinski definition) is 3. The van der Waals surface area contributed by atoms with E-state index in [4.69, 9.17) is 4.74 Å². The SMILES string of the molecule is CC(C)(C)N1C[C@H](C(=O)N2CC(OCc3ccccc3)C2)CC1=O. The standard InChI is InChI=1S/C19H26N2O3/c1-19(2,3)21-10-15(9-17(21)22)18(23)20-11-16(12-20)24-13-14-7-5-4-6-8-14/h4-8,15-16H,9-13H2,1-3H3/t15-/m1/s1. The van der Waals surface area contributed by atoms with Crippen molar-refractivity contribution < 1.29 is 14.3 Å². The number of benzene rings is 1. The van der Waals surface area contributed by atoms with Gasteiger partial charge in [-0.05, 0) is 26.3 Å². The van der Waals surface area contributed by atoms with Gasteiger partial charge >= 0.3 is 0 Å². The Labute approximate surface area is 143 Å². The van der Waals surface area contributed by atoms with E-state index in [1.165, 1.54) is 0 Å². The van der Waals surface area contributed by atoms with Crippen LogP contribution in [-0.4, -0.2) is 52.9 Å². The zero-order chi connectivity index (χ0) is 17.3. The highest BCUT2D eigenvalue weighted by molar-refractivity contribution is 5.90. The van der Waals surface area contributed by atoms with Crippen LogP contribution in [0.3, 0.4) is 0 Å². The first-order valence-corrected chi connectivity index (χ1v) is 8.59. The number of rotatable bonds is 4. The van der Waals surface area contributed by atoms with E-state index in [9.17, 15) is 9.59 Å². The molecule has 2 saturated heterocycles. The van der Waals surface area contributed by atoms with E-state index in [-0.39, 0.29) is 29.4 Å². The van der Waals surface area contributed by atoms with Crippen LogP contribution < -0.4 is 0 Å². The van der Waals surface area contributed by atoms with Crippen molar-refractivity contribution in [3.05, 3.63) is 35.9 Å².